The van der Waals surface area contributed by atoms with E-state index in [0.717, 1.165) is 0 Å². The quantitative estimate of drug-likeness (QED) is 0.497. The Balaban J connectivity index is 3.33. The summed E-state index contributed by atoms with van der Waals surface area (Å²) in [6.45, 7) is 1.70. The van der Waals surface area contributed by atoms with Gasteiger partial charge >= 0.3 is 0 Å². The highest BCUT2D eigenvalue weighted by atomic mass is 32.2. The summed E-state index contributed by atoms with van der Waals surface area (Å²) in [4.78, 5) is -0.231. The summed E-state index contributed by atoms with van der Waals surface area (Å²) in [6.07, 6.45) is 0. The van der Waals surface area contributed by atoms with E-state index >= 15 is 0 Å². The molecule has 4 nitrogen and oxygen atoms in total. The summed E-state index contributed by atoms with van der Waals surface area (Å²) in [5, 5.41) is 0. The van der Waals surface area contributed by atoms with Gasteiger partial charge in [-0.2, -0.15) is 8.42 Å². The highest BCUT2D eigenvalue weighted by Gasteiger charge is 2.09. The molecule has 0 saturated heterocycles. The van der Waals surface area contributed by atoms with Crippen LogP contribution in [0.3, 0.4) is 0 Å². The molecule has 1 radical (unpaired) electrons. The summed E-state index contributed by atoms with van der Waals surface area (Å²) >= 11 is 0. The van der Waals surface area contributed by atoms with Crippen LogP contribution in [0, 0.1) is 13.0 Å². The van der Waals surface area contributed by atoms with Gasteiger partial charge in [-0.1, -0.05) is 0 Å². The van der Waals surface area contributed by atoms with E-state index in [4.69, 9.17) is 10.3 Å². The average Bonchev–Trinajstić information content (AvgIpc) is 1.92. The second-order valence-electron chi connectivity index (χ2n) is 2.39. The molecule has 5 heteroatoms. The van der Waals surface area contributed by atoms with Gasteiger partial charge in [-0.3, -0.25) is 4.55 Å². The van der Waals surface area contributed by atoms with E-state index in [0.29, 0.717) is 11.3 Å². The SMILES string of the molecule is Cc1[c]cc(S(=O)(=O)O)cc1N. The maximum absolute atomic E-state index is 10.6. The summed E-state index contributed by atoms with van der Waals surface area (Å²) in [5.74, 6) is 0. The lowest BCUT2D eigenvalue weighted by atomic mass is 10.2. The Morgan fingerprint density at radius 2 is 2.17 bits per heavy atom. The molecule has 65 valence electrons. The standard InChI is InChI=1S/C7H8NO3S/c1-5-2-3-6(4-7(5)8)12(9,10)11/h3-4H,8H2,1H3,(H,9,10,11). The van der Waals surface area contributed by atoms with E-state index in [-0.39, 0.29) is 4.90 Å². The molecular formula is C7H8NO3S. The zero-order valence-electron chi connectivity index (χ0n) is 6.40. The van der Waals surface area contributed by atoms with Crippen molar-refractivity contribution < 1.29 is 13.0 Å². The smallest absolute Gasteiger partial charge is 0.294 e. The van der Waals surface area contributed by atoms with E-state index in [2.05, 4.69) is 6.07 Å². The van der Waals surface area contributed by atoms with Crippen molar-refractivity contribution in [3.8, 4) is 0 Å². The van der Waals surface area contributed by atoms with E-state index in [1.165, 1.54) is 12.1 Å². The van der Waals surface area contributed by atoms with Gasteiger partial charge in [0.1, 0.15) is 0 Å². The van der Waals surface area contributed by atoms with Crippen molar-refractivity contribution in [2.24, 2.45) is 0 Å². The Kier molecular flexibility index (Phi) is 2.08. The molecule has 0 saturated carbocycles. The Labute approximate surface area is 70.8 Å². The summed E-state index contributed by atoms with van der Waals surface area (Å²) < 4.78 is 29.8. The third kappa shape index (κ3) is 1.75. The molecular weight excluding hydrogens is 178 g/mol. The van der Waals surface area contributed by atoms with Crippen LogP contribution in [0.15, 0.2) is 17.0 Å². The van der Waals surface area contributed by atoms with E-state index < -0.39 is 10.1 Å². The largest absolute Gasteiger partial charge is 0.398 e. The normalized spacial score (nSPS) is 11.5. The second-order valence-corrected chi connectivity index (χ2v) is 3.81. The first-order valence-electron chi connectivity index (χ1n) is 3.16. The van der Waals surface area contributed by atoms with Crippen LogP contribution in [-0.4, -0.2) is 13.0 Å². The minimum absolute atomic E-state index is 0.231. The summed E-state index contributed by atoms with van der Waals surface area (Å²) in [6, 6.07) is 4.99. The number of aryl methyl sites for hydroxylation is 1. The third-order valence-corrected chi connectivity index (χ3v) is 2.29. The number of benzene rings is 1. The monoisotopic (exact) mass is 186 g/mol. The van der Waals surface area contributed by atoms with Crippen molar-refractivity contribution >= 4 is 15.8 Å². The van der Waals surface area contributed by atoms with Gasteiger partial charge in [0.05, 0.1) is 4.90 Å². The maximum atomic E-state index is 10.6. The van der Waals surface area contributed by atoms with Gasteiger partial charge < -0.3 is 5.73 Å². The van der Waals surface area contributed by atoms with Crippen LogP contribution in [0.4, 0.5) is 5.69 Å². The van der Waals surface area contributed by atoms with Crippen molar-refractivity contribution in [3.05, 3.63) is 23.8 Å². The predicted octanol–water partition coefficient (Wildman–Crippen LogP) is 0.624. The molecule has 0 amide bonds. The van der Waals surface area contributed by atoms with Crippen LogP contribution in [0.25, 0.3) is 0 Å². The highest BCUT2D eigenvalue weighted by Crippen LogP contribution is 2.15. The van der Waals surface area contributed by atoms with Crippen LogP contribution in [0.2, 0.25) is 0 Å². The van der Waals surface area contributed by atoms with E-state index in [1.54, 1.807) is 6.92 Å². The first-order chi connectivity index (χ1) is 5.41. The van der Waals surface area contributed by atoms with Crippen molar-refractivity contribution in [1.29, 1.82) is 0 Å². The molecule has 3 N–H and O–H groups in total. The number of rotatable bonds is 1. The molecule has 0 aromatic heterocycles. The van der Waals surface area contributed by atoms with Gasteiger partial charge in [0.15, 0.2) is 0 Å². The number of hydrogen-bond acceptors (Lipinski definition) is 3. The van der Waals surface area contributed by atoms with Gasteiger partial charge in [0.25, 0.3) is 10.1 Å². The molecule has 0 aliphatic heterocycles. The Morgan fingerprint density at radius 1 is 1.58 bits per heavy atom. The molecule has 0 fully saturated rings. The van der Waals surface area contributed by atoms with Gasteiger partial charge in [-0.25, -0.2) is 0 Å². The lowest BCUT2D eigenvalue weighted by Gasteiger charge is -2.00. The lowest BCUT2D eigenvalue weighted by molar-refractivity contribution is 0.483. The van der Waals surface area contributed by atoms with Crippen LogP contribution in [0.5, 0.6) is 0 Å². The fourth-order valence-corrected chi connectivity index (χ4v) is 1.20. The Hall–Kier alpha value is -1.07. The number of anilines is 1. The summed E-state index contributed by atoms with van der Waals surface area (Å²) in [5.41, 5.74) is 6.36. The molecule has 12 heavy (non-hydrogen) atoms. The van der Waals surface area contributed by atoms with Crippen molar-refractivity contribution in [2.75, 3.05) is 5.73 Å². The number of nitrogens with two attached hydrogens (primary N) is 1. The molecule has 0 unspecified atom stereocenters. The molecule has 0 bridgehead atoms. The van der Waals surface area contributed by atoms with Gasteiger partial charge in [-0.15, -0.1) is 0 Å². The molecule has 1 rings (SSSR count). The van der Waals surface area contributed by atoms with Crippen LogP contribution in [0.1, 0.15) is 5.56 Å². The fraction of sp³-hybridized carbons (Fsp3) is 0.143. The van der Waals surface area contributed by atoms with Gasteiger partial charge in [0.2, 0.25) is 0 Å². The third-order valence-electron chi connectivity index (χ3n) is 1.46. The summed E-state index contributed by atoms with van der Waals surface area (Å²) in [7, 11) is -4.15. The van der Waals surface area contributed by atoms with Crippen LogP contribution < -0.4 is 5.73 Å². The second kappa shape index (κ2) is 2.76. The zero-order valence-corrected chi connectivity index (χ0v) is 7.22. The van der Waals surface area contributed by atoms with E-state index in [1.807, 2.05) is 0 Å². The average molecular weight is 186 g/mol. The van der Waals surface area contributed by atoms with Gasteiger partial charge in [0, 0.05) is 5.69 Å². The van der Waals surface area contributed by atoms with E-state index in [9.17, 15) is 8.42 Å². The highest BCUT2D eigenvalue weighted by molar-refractivity contribution is 7.85. The number of nitrogen functional groups attached to an aromatic ring is 1. The predicted molar refractivity (Wildman–Crippen MR) is 44.2 cm³/mol. The first kappa shape index (κ1) is 9.02. The molecule has 0 atom stereocenters. The molecule has 0 heterocycles. The van der Waals surface area contributed by atoms with Crippen LogP contribution in [-0.2, 0) is 10.1 Å². The molecule has 0 spiro atoms. The topological polar surface area (TPSA) is 80.4 Å². The van der Waals surface area contributed by atoms with Crippen LogP contribution >= 0.6 is 0 Å². The van der Waals surface area contributed by atoms with Gasteiger partial charge in [-0.05, 0) is 30.7 Å². The first-order valence-corrected chi connectivity index (χ1v) is 4.60. The fourth-order valence-electron chi connectivity index (χ4n) is 0.715. The zero-order chi connectivity index (χ0) is 9.35. The molecule has 1 aromatic rings. The number of hydrogen-bond donors (Lipinski definition) is 2. The minimum Gasteiger partial charge on any atom is -0.398 e. The maximum Gasteiger partial charge on any atom is 0.294 e. The Bertz CT molecular complexity index is 397. The lowest BCUT2D eigenvalue weighted by Crippen LogP contribution is -2.00. The molecule has 1 aromatic carbocycles. The molecule has 0 aliphatic carbocycles. The molecule has 0 aliphatic rings. The van der Waals surface area contributed by atoms with Crippen molar-refractivity contribution in [2.45, 2.75) is 11.8 Å². The minimum atomic E-state index is -4.15. The Morgan fingerprint density at radius 3 is 2.58 bits per heavy atom. The van der Waals surface area contributed by atoms with Crippen molar-refractivity contribution in [3.63, 3.8) is 0 Å². The van der Waals surface area contributed by atoms with Crippen molar-refractivity contribution in [1.82, 2.24) is 0 Å².